The molecule has 0 fully saturated rings. The summed E-state index contributed by atoms with van der Waals surface area (Å²) in [5.41, 5.74) is 0.649. The van der Waals surface area contributed by atoms with Gasteiger partial charge in [0.05, 0.1) is 10.9 Å². The van der Waals surface area contributed by atoms with Gasteiger partial charge in [-0.25, -0.2) is 13.8 Å². The molecule has 20 heavy (non-hydrogen) atoms. The van der Waals surface area contributed by atoms with Crippen molar-refractivity contribution in [1.29, 1.82) is 0 Å². The summed E-state index contributed by atoms with van der Waals surface area (Å²) in [6.45, 7) is 5.82. The maximum absolute atomic E-state index is 14.1. The zero-order valence-corrected chi connectivity index (χ0v) is 13.2. The lowest BCUT2D eigenvalue weighted by atomic mass is 10.2. The number of nitrogens with zero attached hydrogens (tertiary/aromatic N) is 2. The second kappa shape index (κ2) is 6.31. The first-order chi connectivity index (χ1) is 9.47. The number of aromatic nitrogens is 2. The van der Waals surface area contributed by atoms with Crippen molar-refractivity contribution in [2.75, 3.05) is 11.5 Å². The van der Waals surface area contributed by atoms with Crippen molar-refractivity contribution >= 4 is 34.4 Å². The Bertz CT molecular complexity index is 613. The third-order valence-electron chi connectivity index (χ3n) is 3.13. The van der Waals surface area contributed by atoms with Crippen LogP contribution in [0.15, 0.2) is 12.1 Å². The van der Waals surface area contributed by atoms with Gasteiger partial charge in [0.1, 0.15) is 11.3 Å². The fourth-order valence-corrected chi connectivity index (χ4v) is 3.11. The van der Waals surface area contributed by atoms with Gasteiger partial charge >= 0.3 is 0 Å². The van der Waals surface area contributed by atoms with Gasteiger partial charge in [-0.2, -0.15) is 11.8 Å². The minimum atomic E-state index is -0.859. The molecule has 0 bridgehead atoms. The monoisotopic (exact) mass is 318 g/mol. The van der Waals surface area contributed by atoms with Crippen molar-refractivity contribution < 1.29 is 8.78 Å². The first kappa shape index (κ1) is 15.6. The number of benzene rings is 1. The van der Waals surface area contributed by atoms with Crippen LogP contribution >= 0.6 is 23.4 Å². The minimum Gasteiger partial charge on any atom is -0.321 e. The Morgan fingerprint density at radius 2 is 2.05 bits per heavy atom. The van der Waals surface area contributed by atoms with Crippen LogP contribution in [0.25, 0.3) is 11.0 Å². The van der Waals surface area contributed by atoms with E-state index in [4.69, 9.17) is 11.6 Å². The Morgan fingerprint density at radius 3 is 2.65 bits per heavy atom. The summed E-state index contributed by atoms with van der Waals surface area (Å²) in [4.78, 5) is 4.36. The third-order valence-corrected chi connectivity index (χ3v) is 4.45. The van der Waals surface area contributed by atoms with Crippen LogP contribution in [0, 0.1) is 11.6 Å². The van der Waals surface area contributed by atoms with E-state index in [1.807, 2.05) is 6.92 Å². The predicted octanol–water partition coefficient (Wildman–Crippen LogP) is 4.93. The summed E-state index contributed by atoms with van der Waals surface area (Å²) in [5, 5.41) is -0.362. The molecule has 0 aliphatic heterocycles. The Hall–Kier alpha value is -0.810. The van der Waals surface area contributed by atoms with Crippen molar-refractivity contribution in [2.45, 2.75) is 32.2 Å². The first-order valence-electron chi connectivity index (χ1n) is 6.55. The third kappa shape index (κ3) is 2.79. The zero-order chi connectivity index (χ0) is 14.9. The summed E-state index contributed by atoms with van der Waals surface area (Å²) in [7, 11) is 0. The lowest BCUT2D eigenvalue weighted by Crippen LogP contribution is -2.13. The standard InChI is InChI=1S/C14H17ClF2N2S/c1-4-20-7-8(2)19-13-11(18-14(19)9(3)15)6-5-10(16)12(13)17/h5-6,8-9H,4,7H2,1-3H3. The van der Waals surface area contributed by atoms with Crippen LogP contribution < -0.4 is 0 Å². The molecule has 1 heterocycles. The average molecular weight is 319 g/mol. The molecule has 1 aromatic carbocycles. The van der Waals surface area contributed by atoms with E-state index in [0.717, 1.165) is 17.6 Å². The van der Waals surface area contributed by atoms with Gasteiger partial charge in [-0.1, -0.05) is 6.92 Å². The van der Waals surface area contributed by atoms with Crippen molar-refractivity contribution in [3.63, 3.8) is 0 Å². The highest BCUT2D eigenvalue weighted by atomic mass is 35.5. The fraction of sp³-hybridized carbons (Fsp3) is 0.500. The highest BCUT2D eigenvalue weighted by Crippen LogP contribution is 2.31. The van der Waals surface area contributed by atoms with E-state index in [1.54, 1.807) is 23.3 Å². The molecule has 2 aromatic rings. The number of fused-ring (bicyclic) bond motifs is 1. The maximum Gasteiger partial charge on any atom is 0.184 e. The lowest BCUT2D eigenvalue weighted by molar-refractivity contribution is 0.504. The molecule has 0 saturated carbocycles. The molecule has 2 nitrogen and oxygen atoms in total. The van der Waals surface area contributed by atoms with Crippen molar-refractivity contribution in [1.82, 2.24) is 9.55 Å². The number of thioether (sulfide) groups is 1. The second-order valence-electron chi connectivity index (χ2n) is 4.69. The van der Waals surface area contributed by atoms with Crippen LogP contribution in [0.4, 0.5) is 8.78 Å². The predicted molar refractivity (Wildman–Crippen MR) is 81.6 cm³/mol. The molecule has 2 atom stereocenters. The number of imidazole rings is 1. The highest BCUT2D eigenvalue weighted by Gasteiger charge is 2.23. The van der Waals surface area contributed by atoms with E-state index < -0.39 is 11.6 Å². The largest absolute Gasteiger partial charge is 0.321 e. The summed E-state index contributed by atoms with van der Waals surface area (Å²) in [6, 6.07) is 2.59. The molecule has 0 spiro atoms. The van der Waals surface area contributed by atoms with E-state index in [2.05, 4.69) is 11.9 Å². The average Bonchev–Trinajstić information content (AvgIpc) is 2.80. The van der Waals surface area contributed by atoms with Gasteiger partial charge in [0.15, 0.2) is 11.6 Å². The van der Waals surface area contributed by atoms with E-state index in [0.29, 0.717) is 11.3 Å². The van der Waals surface area contributed by atoms with Gasteiger partial charge in [0, 0.05) is 11.8 Å². The minimum absolute atomic E-state index is 0.00236. The zero-order valence-electron chi connectivity index (χ0n) is 11.7. The Labute approximate surface area is 126 Å². The van der Waals surface area contributed by atoms with Crippen molar-refractivity contribution in [3.8, 4) is 0 Å². The van der Waals surface area contributed by atoms with Crippen LogP contribution in [0.2, 0.25) is 0 Å². The molecule has 6 heteroatoms. The molecule has 0 radical (unpaired) electrons. The van der Waals surface area contributed by atoms with Gasteiger partial charge in [-0.05, 0) is 31.7 Å². The summed E-state index contributed by atoms with van der Waals surface area (Å²) < 4.78 is 29.4. The van der Waals surface area contributed by atoms with Crippen LogP contribution in [0.5, 0.6) is 0 Å². The van der Waals surface area contributed by atoms with Gasteiger partial charge in [0.25, 0.3) is 0 Å². The fourth-order valence-electron chi connectivity index (χ4n) is 2.23. The molecule has 0 aliphatic carbocycles. The molecule has 0 N–H and O–H groups in total. The van der Waals surface area contributed by atoms with Gasteiger partial charge in [-0.15, -0.1) is 11.6 Å². The van der Waals surface area contributed by atoms with Gasteiger partial charge < -0.3 is 4.57 Å². The molecule has 0 saturated heterocycles. The van der Waals surface area contributed by atoms with Crippen molar-refractivity contribution in [2.24, 2.45) is 0 Å². The van der Waals surface area contributed by atoms with E-state index in [1.165, 1.54) is 6.07 Å². The number of rotatable bonds is 5. The van der Waals surface area contributed by atoms with E-state index in [-0.39, 0.29) is 16.9 Å². The smallest absolute Gasteiger partial charge is 0.184 e. The number of halogens is 3. The van der Waals surface area contributed by atoms with Crippen molar-refractivity contribution in [3.05, 3.63) is 29.6 Å². The van der Waals surface area contributed by atoms with Crippen LogP contribution in [-0.4, -0.2) is 21.1 Å². The van der Waals surface area contributed by atoms with Crippen LogP contribution in [0.3, 0.4) is 0 Å². The molecule has 0 amide bonds. The molecule has 2 unspecified atom stereocenters. The molecule has 1 aromatic heterocycles. The number of hydrogen-bond acceptors (Lipinski definition) is 2. The highest BCUT2D eigenvalue weighted by molar-refractivity contribution is 7.99. The van der Waals surface area contributed by atoms with E-state index in [9.17, 15) is 8.78 Å². The molecule has 2 rings (SSSR count). The maximum atomic E-state index is 14.1. The van der Waals surface area contributed by atoms with Gasteiger partial charge in [0.2, 0.25) is 0 Å². The quantitative estimate of drug-likeness (QED) is 0.728. The number of hydrogen-bond donors (Lipinski definition) is 0. The summed E-state index contributed by atoms with van der Waals surface area (Å²) in [5.74, 6) is 0.638. The normalized spacial score (nSPS) is 14.7. The summed E-state index contributed by atoms with van der Waals surface area (Å²) in [6.07, 6.45) is 0. The Balaban J connectivity index is 2.63. The van der Waals surface area contributed by atoms with E-state index >= 15 is 0 Å². The number of alkyl halides is 1. The SMILES string of the molecule is CCSCC(C)n1c(C(C)Cl)nc2ccc(F)c(F)c21. The molecular weight excluding hydrogens is 302 g/mol. The summed E-state index contributed by atoms with van der Waals surface area (Å²) >= 11 is 7.89. The molecular formula is C14H17ClF2N2S. The Morgan fingerprint density at radius 1 is 1.35 bits per heavy atom. The Kier molecular flexibility index (Phi) is 4.91. The topological polar surface area (TPSA) is 17.8 Å². The van der Waals surface area contributed by atoms with Crippen LogP contribution in [-0.2, 0) is 0 Å². The molecule has 110 valence electrons. The van der Waals surface area contributed by atoms with Crippen LogP contribution in [0.1, 0.15) is 38.0 Å². The first-order valence-corrected chi connectivity index (χ1v) is 8.14. The lowest BCUT2D eigenvalue weighted by Gasteiger charge is -2.18. The van der Waals surface area contributed by atoms with Gasteiger partial charge in [-0.3, -0.25) is 0 Å². The molecule has 0 aliphatic rings. The second-order valence-corrected chi connectivity index (χ2v) is 6.67.